The number of nitrogens with zero attached hydrogens (tertiary/aromatic N) is 2. The van der Waals surface area contributed by atoms with Gasteiger partial charge >= 0.3 is 5.97 Å². The van der Waals surface area contributed by atoms with E-state index in [2.05, 4.69) is 4.99 Å². The molecule has 0 N–H and O–H groups in total. The predicted molar refractivity (Wildman–Crippen MR) is 128 cm³/mol. The first-order valence-corrected chi connectivity index (χ1v) is 11.3. The minimum absolute atomic E-state index is 0.175. The van der Waals surface area contributed by atoms with Crippen molar-refractivity contribution in [1.82, 2.24) is 4.57 Å². The molecule has 2 aromatic carbocycles. The summed E-state index contributed by atoms with van der Waals surface area (Å²) < 4.78 is 7.45. The third-order valence-corrected chi connectivity index (χ3v) is 6.19. The van der Waals surface area contributed by atoms with Crippen LogP contribution in [0.4, 0.5) is 0 Å². The second-order valence-corrected chi connectivity index (χ2v) is 8.53. The fourth-order valence-corrected chi connectivity index (χ4v) is 4.65. The first kappa shape index (κ1) is 21.7. The van der Waals surface area contributed by atoms with Crippen molar-refractivity contribution in [3.63, 3.8) is 0 Å². The van der Waals surface area contributed by atoms with Crippen molar-refractivity contribution in [2.75, 3.05) is 6.61 Å². The Kier molecular flexibility index (Phi) is 6.32. The molecule has 3 aromatic rings. The number of allylic oxidation sites excluding steroid dienone is 2. The van der Waals surface area contributed by atoms with Crippen LogP contribution < -0.4 is 14.9 Å². The molecule has 1 aliphatic heterocycles. The Labute approximate surface area is 190 Å². The van der Waals surface area contributed by atoms with E-state index >= 15 is 0 Å². The Hall–Kier alpha value is -3.51. The molecule has 0 fully saturated rings. The maximum Gasteiger partial charge on any atom is 0.338 e. The summed E-state index contributed by atoms with van der Waals surface area (Å²) in [6.07, 6.45) is 5.65. The van der Waals surface area contributed by atoms with Gasteiger partial charge in [0.1, 0.15) is 0 Å². The van der Waals surface area contributed by atoms with Crippen LogP contribution >= 0.6 is 11.3 Å². The number of hydrogen-bond donors (Lipinski definition) is 0. The Morgan fingerprint density at radius 3 is 2.50 bits per heavy atom. The number of thiazole rings is 1. The van der Waals surface area contributed by atoms with E-state index < -0.39 is 12.0 Å². The molecule has 0 saturated heterocycles. The smallest absolute Gasteiger partial charge is 0.338 e. The summed E-state index contributed by atoms with van der Waals surface area (Å²) in [7, 11) is 0. The molecule has 0 unspecified atom stereocenters. The Morgan fingerprint density at radius 2 is 1.81 bits per heavy atom. The largest absolute Gasteiger partial charge is 0.463 e. The lowest BCUT2D eigenvalue weighted by Crippen LogP contribution is -2.38. The van der Waals surface area contributed by atoms with Gasteiger partial charge in [0.25, 0.3) is 5.56 Å². The number of hydrogen-bond acceptors (Lipinski definition) is 5. The first-order chi connectivity index (χ1) is 15.5. The van der Waals surface area contributed by atoms with Gasteiger partial charge in [0.15, 0.2) is 4.80 Å². The zero-order valence-corrected chi connectivity index (χ0v) is 19.1. The average Bonchev–Trinajstić information content (AvgIpc) is 3.09. The highest BCUT2D eigenvalue weighted by atomic mass is 32.1. The van der Waals surface area contributed by atoms with E-state index in [1.807, 2.05) is 79.7 Å². The van der Waals surface area contributed by atoms with Gasteiger partial charge in [0, 0.05) is 0 Å². The Balaban J connectivity index is 1.87. The van der Waals surface area contributed by atoms with E-state index in [1.165, 1.54) is 11.3 Å². The zero-order valence-electron chi connectivity index (χ0n) is 18.2. The standard InChI is InChI=1S/C26H24N2O3S/c1-4-31-25(30)23-18(3)27-26-28(21(23)15-14-19-8-6-5-7-9-19)24(29)22(32-26)16-20-12-10-17(2)11-13-20/h5-16,21H,4H2,1-3H3/b15-14+,22-16+/t21-/m0/s1. The highest BCUT2D eigenvalue weighted by Gasteiger charge is 2.30. The van der Waals surface area contributed by atoms with Gasteiger partial charge < -0.3 is 4.74 Å². The highest BCUT2D eigenvalue weighted by Crippen LogP contribution is 2.26. The average molecular weight is 445 g/mol. The summed E-state index contributed by atoms with van der Waals surface area (Å²) in [5, 5.41) is 0. The minimum atomic E-state index is -0.592. The molecule has 1 aromatic heterocycles. The van der Waals surface area contributed by atoms with Crippen molar-refractivity contribution in [1.29, 1.82) is 0 Å². The second kappa shape index (κ2) is 9.32. The Bertz CT molecular complexity index is 1380. The van der Waals surface area contributed by atoms with Crippen molar-refractivity contribution >= 4 is 29.5 Å². The van der Waals surface area contributed by atoms with Gasteiger partial charge in [0.2, 0.25) is 0 Å². The van der Waals surface area contributed by atoms with Gasteiger partial charge in [-0.05, 0) is 38.0 Å². The number of aryl methyl sites for hydroxylation is 1. The van der Waals surface area contributed by atoms with Crippen molar-refractivity contribution in [2.24, 2.45) is 4.99 Å². The SMILES string of the molecule is CCOC(=O)C1=C(C)N=c2s/c(=C/c3ccc(C)cc3)c(=O)n2[C@H]1/C=C/c1ccccc1. The molecule has 0 saturated carbocycles. The normalized spacial score (nSPS) is 16.2. The lowest BCUT2D eigenvalue weighted by molar-refractivity contribution is -0.139. The first-order valence-electron chi connectivity index (χ1n) is 10.5. The lowest BCUT2D eigenvalue weighted by atomic mass is 10.0. The molecule has 1 aliphatic rings. The zero-order chi connectivity index (χ0) is 22.7. The summed E-state index contributed by atoms with van der Waals surface area (Å²) in [5.41, 5.74) is 3.85. The third kappa shape index (κ3) is 4.41. The number of aromatic nitrogens is 1. The van der Waals surface area contributed by atoms with Gasteiger partial charge in [-0.25, -0.2) is 9.79 Å². The van der Waals surface area contributed by atoms with Gasteiger partial charge in [-0.1, -0.05) is 83.6 Å². The van der Waals surface area contributed by atoms with Gasteiger partial charge in [-0.15, -0.1) is 0 Å². The molecule has 1 atom stereocenters. The minimum Gasteiger partial charge on any atom is -0.463 e. The fourth-order valence-electron chi connectivity index (χ4n) is 3.60. The number of esters is 1. The second-order valence-electron chi connectivity index (χ2n) is 7.53. The van der Waals surface area contributed by atoms with Crippen LogP contribution in [-0.2, 0) is 9.53 Å². The molecule has 0 spiro atoms. The number of carbonyl (C=O) groups excluding carboxylic acids is 1. The van der Waals surface area contributed by atoms with Crippen LogP contribution in [0.25, 0.3) is 12.2 Å². The summed E-state index contributed by atoms with van der Waals surface area (Å²) >= 11 is 1.33. The van der Waals surface area contributed by atoms with E-state index in [9.17, 15) is 9.59 Å². The molecule has 32 heavy (non-hydrogen) atoms. The molecule has 6 heteroatoms. The van der Waals surface area contributed by atoms with E-state index in [0.29, 0.717) is 20.6 Å². The monoisotopic (exact) mass is 444 g/mol. The fraction of sp³-hybridized carbons (Fsp3) is 0.192. The van der Waals surface area contributed by atoms with Gasteiger partial charge in [-0.2, -0.15) is 0 Å². The van der Waals surface area contributed by atoms with Crippen molar-refractivity contribution in [3.8, 4) is 0 Å². The van der Waals surface area contributed by atoms with E-state index in [0.717, 1.165) is 16.7 Å². The predicted octanol–water partition coefficient (Wildman–Crippen LogP) is 3.77. The maximum absolute atomic E-state index is 13.4. The molecule has 0 aliphatic carbocycles. The molecule has 0 radical (unpaired) electrons. The number of fused-ring (bicyclic) bond motifs is 1. The Morgan fingerprint density at radius 1 is 1.09 bits per heavy atom. The summed E-state index contributed by atoms with van der Waals surface area (Å²) in [4.78, 5) is 31.4. The number of benzene rings is 2. The van der Waals surface area contributed by atoms with Crippen LogP contribution in [0, 0.1) is 6.92 Å². The number of rotatable bonds is 5. The molecule has 2 heterocycles. The number of ether oxygens (including phenoxy) is 1. The van der Waals surface area contributed by atoms with Gasteiger partial charge in [0.05, 0.1) is 28.5 Å². The molecule has 4 rings (SSSR count). The van der Waals surface area contributed by atoms with Crippen LogP contribution in [0.3, 0.4) is 0 Å². The highest BCUT2D eigenvalue weighted by molar-refractivity contribution is 7.07. The van der Waals surface area contributed by atoms with Crippen molar-refractivity contribution in [3.05, 3.63) is 108 Å². The number of carbonyl (C=O) groups is 1. The molecular formula is C26H24N2O3S. The van der Waals surface area contributed by atoms with Crippen LogP contribution in [0.5, 0.6) is 0 Å². The molecule has 5 nitrogen and oxygen atoms in total. The van der Waals surface area contributed by atoms with E-state index in [1.54, 1.807) is 18.4 Å². The van der Waals surface area contributed by atoms with E-state index in [-0.39, 0.29) is 12.2 Å². The molecular weight excluding hydrogens is 420 g/mol. The molecule has 162 valence electrons. The van der Waals surface area contributed by atoms with E-state index in [4.69, 9.17) is 4.74 Å². The van der Waals surface area contributed by atoms with Crippen molar-refractivity contribution in [2.45, 2.75) is 26.8 Å². The maximum atomic E-state index is 13.4. The summed E-state index contributed by atoms with van der Waals surface area (Å²) in [6, 6.07) is 17.2. The van der Waals surface area contributed by atoms with Gasteiger partial charge in [-0.3, -0.25) is 9.36 Å². The van der Waals surface area contributed by atoms with Crippen LogP contribution in [0.15, 0.2) is 81.7 Å². The summed E-state index contributed by atoms with van der Waals surface area (Å²) in [6.45, 7) is 5.82. The topological polar surface area (TPSA) is 60.7 Å². The lowest BCUT2D eigenvalue weighted by Gasteiger charge is -2.21. The van der Waals surface area contributed by atoms with Crippen LogP contribution in [0.2, 0.25) is 0 Å². The molecule has 0 bridgehead atoms. The van der Waals surface area contributed by atoms with Crippen LogP contribution in [0.1, 0.15) is 36.6 Å². The van der Waals surface area contributed by atoms with Crippen LogP contribution in [-0.4, -0.2) is 17.1 Å². The third-order valence-electron chi connectivity index (χ3n) is 5.20. The quantitative estimate of drug-likeness (QED) is 0.563. The molecule has 0 amide bonds. The van der Waals surface area contributed by atoms with Crippen molar-refractivity contribution < 1.29 is 9.53 Å². The summed E-state index contributed by atoms with van der Waals surface area (Å²) in [5.74, 6) is -0.454.